The molecular weight excluding hydrogens is 279 g/mol. The summed E-state index contributed by atoms with van der Waals surface area (Å²) < 4.78 is 61.4. The summed E-state index contributed by atoms with van der Waals surface area (Å²) in [5.74, 6) is -0.295. The Kier molecular flexibility index (Phi) is 4.03. The minimum Gasteiger partial charge on any atom is -0.244 e. The van der Waals surface area contributed by atoms with Gasteiger partial charge in [0.25, 0.3) is 0 Å². The summed E-state index contributed by atoms with van der Waals surface area (Å²) in [5.41, 5.74) is -1.27. The number of aromatic nitrogens is 1. The zero-order valence-electron chi connectivity index (χ0n) is 8.70. The molecule has 0 aromatic carbocycles. The molecule has 0 saturated heterocycles. The van der Waals surface area contributed by atoms with Crippen LogP contribution in [0.5, 0.6) is 0 Å². The Morgan fingerprint density at radius 1 is 1.47 bits per heavy atom. The zero-order chi connectivity index (χ0) is 13.3. The third kappa shape index (κ3) is 2.90. The first-order valence-electron chi connectivity index (χ1n) is 4.53. The maximum Gasteiger partial charge on any atom is 0.419 e. The summed E-state index contributed by atoms with van der Waals surface area (Å²) in [4.78, 5) is 3.32. The van der Waals surface area contributed by atoms with Crippen LogP contribution < -0.4 is 0 Å². The molecule has 96 valence electrons. The van der Waals surface area contributed by atoms with E-state index in [-0.39, 0.29) is 5.88 Å². The standard InChI is InChI=1S/C9H9ClF3NO2S/c1-6(5-10)17(15,16)8-7(9(11,12)13)3-2-4-14-8/h2-4,6H,5H2,1H3. The van der Waals surface area contributed by atoms with E-state index in [4.69, 9.17) is 11.6 Å². The van der Waals surface area contributed by atoms with E-state index in [1.54, 1.807) is 0 Å². The molecule has 0 bridgehead atoms. The number of hydrogen-bond acceptors (Lipinski definition) is 3. The molecule has 0 fully saturated rings. The van der Waals surface area contributed by atoms with E-state index in [9.17, 15) is 21.6 Å². The molecule has 0 amide bonds. The fourth-order valence-corrected chi connectivity index (χ4v) is 2.85. The van der Waals surface area contributed by atoms with Crippen LogP contribution in [0, 0.1) is 0 Å². The van der Waals surface area contributed by atoms with Crippen molar-refractivity contribution in [1.29, 1.82) is 0 Å². The Labute approximate surface area is 102 Å². The van der Waals surface area contributed by atoms with Crippen LogP contribution in [0.15, 0.2) is 23.4 Å². The van der Waals surface area contributed by atoms with Crippen LogP contribution in [-0.4, -0.2) is 24.5 Å². The van der Waals surface area contributed by atoms with Crippen molar-refractivity contribution in [2.75, 3.05) is 5.88 Å². The first-order valence-corrected chi connectivity index (χ1v) is 6.61. The minimum atomic E-state index is -4.76. The molecule has 1 atom stereocenters. The molecule has 1 heterocycles. The van der Waals surface area contributed by atoms with E-state index >= 15 is 0 Å². The third-order valence-corrected chi connectivity index (χ3v) is 4.83. The highest BCUT2D eigenvalue weighted by Crippen LogP contribution is 2.34. The summed E-state index contributed by atoms with van der Waals surface area (Å²) in [6.45, 7) is 1.23. The Morgan fingerprint density at radius 2 is 2.06 bits per heavy atom. The second-order valence-corrected chi connectivity index (χ2v) is 5.95. The highest BCUT2D eigenvalue weighted by Gasteiger charge is 2.39. The van der Waals surface area contributed by atoms with Gasteiger partial charge in [-0.2, -0.15) is 13.2 Å². The zero-order valence-corrected chi connectivity index (χ0v) is 10.3. The highest BCUT2D eigenvalue weighted by molar-refractivity contribution is 7.92. The molecule has 1 rings (SSSR count). The number of halogens is 4. The summed E-state index contributed by atoms with van der Waals surface area (Å²) >= 11 is 5.36. The van der Waals surface area contributed by atoms with E-state index in [0.717, 1.165) is 12.3 Å². The number of nitrogens with zero attached hydrogens (tertiary/aromatic N) is 1. The molecule has 0 radical (unpaired) electrons. The quantitative estimate of drug-likeness (QED) is 0.803. The van der Waals surface area contributed by atoms with Crippen molar-refractivity contribution in [3.8, 4) is 0 Å². The fraction of sp³-hybridized carbons (Fsp3) is 0.444. The molecule has 17 heavy (non-hydrogen) atoms. The molecule has 0 saturated carbocycles. The molecule has 1 aromatic heterocycles. The van der Waals surface area contributed by atoms with E-state index in [1.807, 2.05) is 0 Å². The summed E-state index contributed by atoms with van der Waals surface area (Å²) in [5, 5.41) is -2.10. The maximum atomic E-state index is 12.6. The van der Waals surface area contributed by atoms with Crippen molar-refractivity contribution >= 4 is 21.4 Å². The molecule has 0 N–H and O–H groups in total. The largest absolute Gasteiger partial charge is 0.419 e. The SMILES string of the molecule is CC(CCl)S(=O)(=O)c1ncccc1C(F)(F)F. The molecule has 0 spiro atoms. The lowest BCUT2D eigenvalue weighted by molar-refractivity contribution is -0.140. The van der Waals surface area contributed by atoms with Crippen molar-refractivity contribution in [3.63, 3.8) is 0 Å². The fourth-order valence-electron chi connectivity index (χ4n) is 1.11. The smallest absolute Gasteiger partial charge is 0.244 e. The van der Waals surface area contributed by atoms with E-state index in [1.165, 1.54) is 6.92 Å². The van der Waals surface area contributed by atoms with Gasteiger partial charge in [-0.1, -0.05) is 0 Å². The van der Waals surface area contributed by atoms with Crippen molar-refractivity contribution in [1.82, 2.24) is 4.98 Å². The van der Waals surface area contributed by atoms with Gasteiger partial charge in [0, 0.05) is 12.1 Å². The van der Waals surface area contributed by atoms with Gasteiger partial charge >= 0.3 is 6.18 Å². The number of pyridine rings is 1. The van der Waals surface area contributed by atoms with Crippen LogP contribution in [0.25, 0.3) is 0 Å². The van der Waals surface area contributed by atoms with Gasteiger partial charge in [0.05, 0.1) is 10.8 Å². The third-order valence-electron chi connectivity index (χ3n) is 2.09. The average molecular weight is 288 g/mol. The van der Waals surface area contributed by atoms with Gasteiger partial charge < -0.3 is 0 Å². The van der Waals surface area contributed by atoms with Crippen molar-refractivity contribution in [3.05, 3.63) is 23.9 Å². The lowest BCUT2D eigenvalue weighted by atomic mass is 10.3. The first kappa shape index (κ1) is 14.2. The highest BCUT2D eigenvalue weighted by atomic mass is 35.5. The molecule has 0 aliphatic rings. The topological polar surface area (TPSA) is 47.0 Å². The van der Waals surface area contributed by atoms with Gasteiger partial charge in [0.2, 0.25) is 0 Å². The van der Waals surface area contributed by atoms with Crippen LogP contribution >= 0.6 is 11.6 Å². The van der Waals surface area contributed by atoms with Crippen molar-refractivity contribution in [2.45, 2.75) is 23.4 Å². The maximum absolute atomic E-state index is 12.6. The van der Waals surface area contributed by atoms with Gasteiger partial charge in [0.15, 0.2) is 14.9 Å². The number of rotatable bonds is 3. The number of hydrogen-bond donors (Lipinski definition) is 0. The summed E-state index contributed by atoms with van der Waals surface area (Å²) in [6, 6.07) is 1.72. The molecule has 1 unspecified atom stereocenters. The molecule has 1 aromatic rings. The predicted octanol–water partition coefficient (Wildman–Crippen LogP) is 2.50. The average Bonchev–Trinajstić information content (AvgIpc) is 2.26. The summed E-state index contributed by atoms with van der Waals surface area (Å²) in [7, 11) is -4.17. The van der Waals surface area contributed by atoms with Crippen LogP contribution in [0.3, 0.4) is 0 Å². The predicted molar refractivity (Wildman–Crippen MR) is 56.6 cm³/mol. The summed E-state index contributed by atoms with van der Waals surface area (Å²) in [6.07, 6.45) is -3.76. The molecule has 0 aliphatic heterocycles. The molecule has 3 nitrogen and oxygen atoms in total. The molecule has 0 aliphatic carbocycles. The Bertz CT molecular complexity index is 501. The van der Waals surface area contributed by atoms with Crippen LogP contribution in [-0.2, 0) is 16.0 Å². The second-order valence-electron chi connectivity index (χ2n) is 3.36. The monoisotopic (exact) mass is 287 g/mol. The van der Waals surface area contributed by atoms with Gasteiger partial charge in [-0.15, -0.1) is 11.6 Å². The van der Waals surface area contributed by atoms with Crippen LogP contribution in [0.2, 0.25) is 0 Å². The molecular formula is C9H9ClF3NO2S. The Balaban J connectivity index is 3.43. The number of alkyl halides is 4. The normalized spacial score (nSPS) is 14.6. The lowest BCUT2D eigenvalue weighted by Crippen LogP contribution is -2.24. The van der Waals surface area contributed by atoms with Gasteiger partial charge in [-0.25, -0.2) is 13.4 Å². The minimum absolute atomic E-state index is 0.295. The van der Waals surface area contributed by atoms with Gasteiger partial charge in [-0.05, 0) is 19.1 Å². The van der Waals surface area contributed by atoms with Gasteiger partial charge in [-0.3, -0.25) is 0 Å². The number of sulfone groups is 1. The first-order chi connectivity index (χ1) is 7.71. The van der Waals surface area contributed by atoms with Gasteiger partial charge in [0.1, 0.15) is 0 Å². The second kappa shape index (κ2) is 4.81. The van der Waals surface area contributed by atoms with E-state index < -0.39 is 31.9 Å². The Hall–Kier alpha value is -0.820. The van der Waals surface area contributed by atoms with Crippen LogP contribution in [0.4, 0.5) is 13.2 Å². The van der Waals surface area contributed by atoms with E-state index in [2.05, 4.69) is 4.98 Å². The van der Waals surface area contributed by atoms with Crippen molar-refractivity contribution < 1.29 is 21.6 Å². The van der Waals surface area contributed by atoms with Crippen molar-refractivity contribution in [2.24, 2.45) is 0 Å². The Morgan fingerprint density at radius 3 is 2.53 bits per heavy atom. The lowest BCUT2D eigenvalue weighted by Gasteiger charge is -2.14. The molecule has 8 heteroatoms. The van der Waals surface area contributed by atoms with Crippen LogP contribution in [0.1, 0.15) is 12.5 Å². The van der Waals surface area contributed by atoms with E-state index in [0.29, 0.717) is 6.07 Å².